The van der Waals surface area contributed by atoms with Gasteiger partial charge in [-0.3, -0.25) is 10.1 Å². The van der Waals surface area contributed by atoms with Crippen molar-refractivity contribution in [3.8, 4) is 11.5 Å². The maximum absolute atomic E-state index is 11.5. The van der Waals surface area contributed by atoms with Crippen molar-refractivity contribution in [2.75, 3.05) is 7.11 Å². The molecule has 1 fully saturated rings. The number of rotatable bonds is 5. The molecule has 0 saturated carbocycles. The lowest BCUT2D eigenvalue weighted by Gasteiger charge is -2.17. The topological polar surface area (TPSA) is 76.7 Å². The summed E-state index contributed by atoms with van der Waals surface area (Å²) in [4.78, 5) is 22.7. The third kappa shape index (κ3) is 3.59. The maximum Gasteiger partial charge on any atom is 0.326 e. The van der Waals surface area contributed by atoms with Gasteiger partial charge in [0.05, 0.1) is 17.7 Å². The minimum atomic E-state index is -0.529. The molecule has 0 spiro atoms. The molecule has 0 aromatic heterocycles. The van der Waals surface area contributed by atoms with Crippen molar-refractivity contribution in [3.63, 3.8) is 0 Å². The average Bonchev–Trinajstić information content (AvgIpc) is 2.79. The van der Waals surface area contributed by atoms with Crippen LogP contribution in [0.1, 0.15) is 25.8 Å². The summed E-state index contributed by atoms with van der Waals surface area (Å²) >= 11 is 3.45. The van der Waals surface area contributed by atoms with Crippen molar-refractivity contribution >= 4 is 33.9 Å². The molecule has 2 N–H and O–H groups in total. The van der Waals surface area contributed by atoms with Crippen LogP contribution in [0.15, 0.2) is 22.3 Å². The van der Waals surface area contributed by atoms with E-state index in [1.807, 2.05) is 13.8 Å². The number of nitrogens with one attached hydrogen (secondary N) is 2. The largest absolute Gasteiger partial charge is 0.493 e. The van der Waals surface area contributed by atoms with Crippen LogP contribution < -0.4 is 20.1 Å². The molecule has 22 heavy (non-hydrogen) atoms. The molecule has 0 aliphatic carbocycles. The van der Waals surface area contributed by atoms with Gasteiger partial charge in [-0.15, -0.1) is 0 Å². The molecule has 1 aromatic carbocycles. The molecular weight excluding hydrogens is 352 g/mol. The SMILES string of the molecule is CC[C@H](C)Oc1c(Br)cc(/C=C2\NC(=O)NC2=O)cc1OC. The molecule has 118 valence electrons. The van der Waals surface area contributed by atoms with Gasteiger partial charge in [0.25, 0.3) is 5.91 Å². The van der Waals surface area contributed by atoms with E-state index in [9.17, 15) is 9.59 Å². The van der Waals surface area contributed by atoms with E-state index < -0.39 is 11.9 Å². The van der Waals surface area contributed by atoms with Gasteiger partial charge in [-0.1, -0.05) is 6.92 Å². The highest BCUT2D eigenvalue weighted by molar-refractivity contribution is 9.10. The Hall–Kier alpha value is -2.02. The Morgan fingerprint density at radius 1 is 1.32 bits per heavy atom. The number of amides is 3. The van der Waals surface area contributed by atoms with E-state index in [4.69, 9.17) is 9.47 Å². The van der Waals surface area contributed by atoms with Gasteiger partial charge in [0.1, 0.15) is 5.70 Å². The molecule has 0 bridgehead atoms. The van der Waals surface area contributed by atoms with Gasteiger partial charge >= 0.3 is 6.03 Å². The number of hydrogen-bond donors (Lipinski definition) is 2. The molecule has 1 aliphatic rings. The highest BCUT2D eigenvalue weighted by atomic mass is 79.9. The summed E-state index contributed by atoms with van der Waals surface area (Å²) in [5, 5.41) is 4.59. The number of ether oxygens (including phenoxy) is 2. The zero-order valence-electron chi connectivity index (χ0n) is 12.5. The zero-order valence-corrected chi connectivity index (χ0v) is 14.1. The van der Waals surface area contributed by atoms with E-state index in [-0.39, 0.29) is 11.8 Å². The molecule has 1 aliphatic heterocycles. The molecule has 0 radical (unpaired) electrons. The van der Waals surface area contributed by atoms with Crippen LogP contribution in [0.5, 0.6) is 11.5 Å². The number of benzene rings is 1. The first-order chi connectivity index (χ1) is 10.4. The normalized spacial score (nSPS) is 17.2. The third-order valence-corrected chi connectivity index (χ3v) is 3.77. The van der Waals surface area contributed by atoms with Crippen LogP contribution in [0.2, 0.25) is 0 Å². The second kappa shape index (κ2) is 6.83. The second-order valence-corrected chi connectivity index (χ2v) is 5.69. The first kappa shape index (κ1) is 16.4. The predicted octanol–water partition coefficient (Wildman–Crippen LogP) is 2.82. The third-order valence-electron chi connectivity index (χ3n) is 3.18. The Morgan fingerprint density at radius 2 is 2.05 bits per heavy atom. The Bertz CT molecular complexity index is 643. The predicted molar refractivity (Wildman–Crippen MR) is 85.7 cm³/mol. The Balaban J connectivity index is 2.35. The molecule has 1 saturated heterocycles. The number of methoxy groups -OCH3 is 1. The molecule has 2 rings (SSSR count). The molecule has 6 nitrogen and oxygen atoms in total. The number of hydrogen-bond acceptors (Lipinski definition) is 4. The van der Waals surface area contributed by atoms with E-state index in [1.54, 1.807) is 25.3 Å². The van der Waals surface area contributed by atoms with E-state index in [2.05, 4.69) is 26.6 Å². The number of carbonyl (C=O) groups excluding carboxylic acids is 2. The van der Waals surface area contributed by atoms with E-state index in [0.29, 0.717) is 21.5 Å². The van der Waals surface area contributed by atoms with Crippen LogP contribution in [0.25, 0.3) is 6.08 Å². The van der Waals surface area contributed by atoms with E-state index in [0.717, 1.165) is 6.42 Å². The fraction of sp³-hybridized carbons (Fsp3) is 0.333. The van der Waals surface area contributed by atoms with Crippen LogP contribution in [0.3, 0.4) is 0 Å². The molecule has 1 aromatic rings. The first-order valence-corrected chi connectivity index (χ1v) is 7.62. The van der Waals surface area contributed by atoms with Gasteiger partial charge in [-0.25, -0.2) is 4.79 Å². The molecule has 1 heterocycles. The fourth-order valence-corrected chi connectivity index (χ4v) is 2.42. The molecule has 3 amide bonds. The first-order valence-electron chi connectivity index (χ1n) is 6.82. The minimum absolute atomic E-state index is 0.0503. The number of halogens is 1. The molecule has 0 unspecified atom stereocenters. The van der Waals surface area contributed by atoms with E-state index >= 15 is 0 Å². The van der Waals surface area contributed by atoms with Gasteiger partial charge in [-0.2, -0.15) is 0 Å². The Morgan fingerprint density at radius 3 is 2.59 bits per heavy atom. The van der Waals surface area contributed by atoms with Gasteiger partial charge in [-0.05, 0) is 53.0 Å². The summed E-state index contributed by atoms with van der Waals surface area (Å²) in [6.07, 6.45) is 2.49. The lowest BCUT2D eigenvalue weighted by Crippen LogP contribution is -2.22. The van der Waals surface area contributed by atoms with Gasteiger partial charge in [0.2, 0.25) is 0 Å². The highest BCUT2D eigenvalue weighted by Crippen LogP contribution is 2.38. The van der Waals surface area contributed by atoms with Gasteiger partial charge in [0.15, 0.2) is 11.5 Å². The van der Waals surface area contributed by atoms with Gasteiger partial charge < -0.3 is 14.8 Å². The smallest absolute Gasteiger partial charge is 0.326 e. The molecular formula is C15H17BrN2O4. The monoisotopic (exact) mass is 368 g/mol. The number of urea groups is 1. The highest BCUT2D eigenvalue weighted by Gasteiger charge is 2.23. The quantitative estimate of drug-likeness (QED) is 0.618. The summed E-state index contributed by atoms with van der Waals surface area (Å²) in [6, 6.07) is 3.01. The van der Waals surface area contributed by atoms with Crippen LogP contribution in [0.4, 0.5) is 4.79 Å². The second-order valence-electron chi connectivity index (χ2n) is 4.84. The summed E-state index contributed by atoms with van der Waals surface area (Å²) in [7, 11) is 1.55. The van der Waals surface area contributed by atoms with Crippen molar-refractivity contribution in [2.45, 2.75) is 26.4 Å². The van der Waals surface area contributed by atoms with Crippen LogP contribution in [-0.4, -0.2) is 25.2 Å². The van der Waals surface area contributed by atoms with Crippen molar-refractivity contribution in [2.24, 2.45) is 0 Å². The van der Waals surface area contributed by atoms with E-state index in [1.165, 1.54) is 0 Å². The van der Waals surface area contributed by atoms with Crippen molar-refractivity contribution in [3.05, 3.63) is 27.9 Å². The number of carbonyl (C=O) groups is 2. The molecule has 7 heteroatoms. The summed E-state index contributed by atoms with van der Waals surface area (Å²) in [5.41, 5.74) is 0.891. The summed E-state index contributed by atoms with van der Waals surface area (Å²) in [6.45, 7) is 4.01. The van der Waals surface area contributed by atoms with Crippen LogP contribution in [-0.2, 0) is 4.79 Å². The van der Waals surface area contributed by atoms with Crippen molar-refractivity contribution in [1.82, 2.24) is 10.6 Å². The molecule has 1 atom stereocenters. The lowest BCUT2D eigenvalue weighted by molar-refractivity contribution is -0.115. The van der Waals surface area contributed by atoms with Crippen molar-refractivity contribution in [1.29, 1.82) is 0 Å². The number of imide groups is 1. The fourth-order valence-electron chi connectivity index (χ4n) is 1.87. The lowest BCUT2D eigenvalue weighted by atomic mass is 10.1. The maximum atomic E-state index is 11.5. The standard InChI is InChI=1S/C15H17BrN2O4/c1-4-8(2)22-13-10(16)5-9(7-12(13)21-3)6-11-14(19)18-15(20)17-11/h5-8H,4H2,1-3H3,(H2,17,18,19,20)/b11-6-/t8-/m0/s1. The summed E-state index contributed by atoms with van der Waals surface area (Å²) in [5.74, 6) is 0.699. The minimum Gasteiger partial charge on any atom is -0.493 e. The Labute approximate surface area is 137 Å². The Kier molecular flexibility index (Phi) is 5.07. The van der Waals surface area contributed by atoms with Gasteiger partial charge in [0, 0.05) is 0 Å². The average molecular weight is 369 g/mol. The van der Waals surface area contributed by atoms with Crippen LogP contribution >= 0.6 is 15.9 Å². The van der Waals surface area contributed by atoms with Crippen molar-refractivity contribution < 1.29 is 19.1 Å². The summed E-state index contributed by atoms with van der Waals surface area (Å²) < 4.78 is 11.9. The van der Waals surface area contributed by atoms with Crippen LogP contribution in [0, 0.1) is 0 Å². The zero-order chi connectivity index (χ0) is 16.3.